The number of aromatic nitrogens is 2. The Morgan fingerprint density at radius 1 is 1.17 bits per heavy atom. The van der Waals surface area contributed by atoms with E-state index in [1.807, 2.05) is 10.3 Å². The van der Waals surface area contributed by atoms with Crippen molar-refractivity contribution in [1.82, 2.24) is 20.5 Å². The Labute approximate surface area is 130 Å². The highest BCUT2D eigenvalue weighted by atomic mass is 32.2. The molecule has 2 aromatic carbocycles. The van der Waals surface area contributed by atoms with Gasteiger partial charge in [-0.3, -0.25) is 15.3 Å². The maximum atomic E-state index is 14.4. The molecule has 0 unspecified atom stereocenters. The molecule has 23 heavy (non-hydrogen) atoms. The van der Waals surface area contributed by atoms with E-state index in [0.29, 0.717) is 5.39 Å². The first kappa shape index (κ1) is 15.1. The maximum Gasteiger partial charge on any atom is 0.269 e. The van der Waals surface area contributed by atoms with Crippen molar-refractivity contribution in [3.8, 4) is 0 Å². The van der Waals surface area contributed by atoms with Crippen molar-refractivity contribution < 1.29 is 17.6 Å². The van der Waals surface area contributed by atoms with Crippen molar-refractivity contribution in [3.05, 3.63) is 60.2 Å². The molecule has 0 aliphatic heterocycles. The van der Waals surface area contributed by atoms with Crippen LogP contribution in [0.4, 0.5) is 4.39 Å². The molecule has 0 aliphatic carbocycles. The number of fused-ring (bicyclic) bond motifs is 1. The van der Waals surface area contributed by atoms with E-state index in [-0.39, 0.29) is 10.9 Å². The lowest BCUT2D eigenvalue weighted by Gasteiger charge is -2.10. The van der Waals surface area contributed by atoms with Gasteiger partial charge < -0.3 is 0 Å². The molecule has 0 radical (unpaired) electrons. The van der Waals surface area contributed by atoms with Gasteiger partial charge in [-0.25, -0.2) is 12.8 Å². The molecular weight excluding hydrogens is 323 g/mol. The smallest absolute Gasteiger partial charge is 0.269 e. The van der Waals surface area contributed by atoms with Crippen LogP contribution in [0.2, 0.25) is 0 Å². The lowest BCUT2D eigenvalue weighted by Crippen LogP contribution is -2.41. The Morgan fingerprint density at radius 2 is 1.96 bits per heavy atom. The molecule has 1 heterocycles. The van der Waals surface area contributed by atoms with Gasteiger partial charge in [-0.15, -0.1) is 4.83 Å². The normalized spacial score (nSPS) is 11.5. The number of nitrogens with one attached hydrogen (secondary N) is 3. The van der Waals surface area contributed by atoms with E-state index in [9.17, 15) is 17.6 Å². The zero-order chi connectivity index (χ0) is 16.4. The molecule has 1 aromatic heterocycles. The third-order valence-corrected chi connectivity index (χ3v) is 4.44. The second kappa shape index (κ2) is 5.78. The third kappa shape index (κ3) is 2.91. The summed E-state index contributed by atoms with van der Waals surface area (Å²) in [5, 5.41) is 6.74. The molecule has 0 aliphatic rings. The second-order valence-corrected chi connectivity index (χ2v) is 6.30. The highest BCUT2D eigenvalue weighted by Gasteiger charge is 2.21. The van der Waals surface area contributed by atoms with Crippen LogP contribution in [0.25, 0.3) is 10.8 Å². The quantitative estimate of drug-likeness (QED) is 0.626. The van der Waals surface area contributed by atoms with Crippen molar-refractivity contribution >= 4 is 26.7 Å². The van der Waals surface area contributed by atoms with Crippen LogP contribution in [-0.4, -0.2) is 24.5 Å². The largest absolute Gasteiger partial charge is 0.285 e. The molecule has 9 heteroatoms. The van der Waals surface area contributed by atoms with Crippen LogP contribution in [0, 0.1) is 5.82 Å². The summed E-state index contributed by atoms with van der Waals surface area (Å²) in [6.07, 6.45) is 2.51. The first-order chi connectivity index (χ1) is 11.0. The first-order valence-electron chi connectivity index (χ1n) is 6.47. The van der Waals surface area contributed by atoms with E-state index >= 15 is 0 Å². The van der Waals surface area contributed by atoms with Crippen LogP contribution in [0.5, 0.6) is 0 Å². The van der Waals surface area contributed by atoms with E-state index < -0.39 is 26.6 Å². The van der Waals surface area contributed by atoms with Crippen LogP contribution in [0.1, 0.15) is 10.4 Å². The van der Waals surface area contributed by atoms with Gasteiger partial charge in [0.25, 0.3) is 15.9 Å². The van der Waals surface area contributed by atoms with Crippen molar-refractivity contribution in [2.75, 3.05) is 0 Å². The zero-order valence-electron chi connectivity index (χ0n) is 11.6. The fourth-order valence-corrected chi connectivity index (χ4v) is 2.97. The van der Waals surface area contributed by atoms with Gasteiger partial charge in [0.1, 0.15) is 4.90 Å². The van der Waals surface area contributed by atoms with Crippen molar-refractivity contribution in [2.24, 2.45) is 0 Å². The number of rotatable bonds is 4. The van der Waals surface area contributed by atoms with E-state index in [0.717, 1.165) is 6.07 Å². The monoisotopic (exact) mass is 334 g/mol. The minimum atomic E-state index is -4.26. The number of carbonyl (C=O) groups excluding carboxylic acids is 1. The van der Waals surface area contributed by atoms with Crippen molar-refractivity contribution in [2.45, 2.75) is 4.90 Å². The Hall–Kier alpha value is -2.78. The zero-order valence-corrected chi connectivity index (χ0v) is 12.4. The van der Waals surface area contributed by atoms with Gasteiger partial charge in [-0.2, -0.15) is 5.10 Å². The number of benzene rings is 2. The third-order valence-electron chi connectivity index (χ3n) is 3.18. The summed E-state index contributed by atoms with van der Waals surface area (Å²) in [6, 6.07) is 9.11. The summed E-state index contributed by atoms with van der Waals surface area (Å²) in [4.78, 5) is 13.0. The summed E-state index contributed by atoms with van der Waals surface area (Å²) in [5.74, 6) is -1.60. The molecule has 1 amide bonds. The minimum Gasteiger partial charge on any atom is -0.285 e. The molecule has 0 atom stereocenters. The standard InChI is InChI=1S/C14H11FN4O3S/c15-13-11-4-2-1-3-9(11)5-6-12(13)23(21,22)19-18-14(20)10-7-16-17-8-10/h1-8,19H,(H,16,17)(H,18,20). The SMILES string of the molecule is O=C(NNS(=O)(=O)c1ccc2ccccc2c1F)c1cn[nH]c1. The average molecular weight is 334 g/mol. The fourth-order valence-electron chi connectivity index (χ4n) is 2.04. The van der Waals surface area contributed by atoms with Crippen LogP contribution < -0.4 is 10.3 Å². The van der Waals surface area contributed by atoms with E-state index in [4.69, 9.17) is 0 Å². The Morgan fingerprint density at radius 3 is 2.70 bits per heavy atom. The number of aromatic amines is 1. The van der Waals surface area contributed by atoms with Crippen molar-refractivity contribution in [1.29, 1.82) is 0 Å². The number of hydrazine groups is 1. The lowest BCUT2D eigenvalue weighted by molar-refractivity contribution is 0.0945. The molecule has 0 bridgehead atoms. The van der Waals surface area contributed by atoms with E-state index in [2.05, 4.69) is 10.2 Å². The number of halogens is 1. The molecular formula is C14H11FN4O3S. The van der Waals surface area contributed by atoms with Crippen LogP contribution >= 0.6 is 0 Å². The van der Waals surface area contributed by atoms with E-state index in [1.165, 1.54) is 24.5 Å². The van der Waals surface area contributed by atoms with Gasteiger partial charge >= 0.3 is 0 Å². The first-order valence-corrected chi connectivity index (χ1v) is 7.95. The van der Waals surface area contributed by atoms with Gasteiger partial charge in [0.15, 0.2) is 5.82 Å². The number of amides is 1. The van der Waals surface area contributed by atoms with Gasteiger partial charge in [-0.05, 0) is 11.5 Å². The van der Waals surface area contributed by atoms with E-state index in [1.54, 1.807) is 18.2 Å². The number of H-pyrrole nitrogens is 1. The van der Waals surface area contributed by atoms with Crippen LogP contribution in [-0.2, 0) is 10.0 Å². The summed E-state index contributed by atoms with van der Waals surface area (Å²) in [5.41, 5.74) is 2.13. The molecule has 0 spiro atoms. The molecule has 3 aromatic rings. The molecule has 3 N–H and O–H groups in total. The molecule has 0 saturated carbocycles. The van der Waals surface area contributed by atoms with Gasteiger partial charge in [0, 0.05) is 11.6 Å². The Balaban J connectivity index is 1.88. The topological polar surface area (TPSA) is 104 Å². The molecule has 7 nitrogen and oxygen atoms in total. The highest BCUT2D eigenvalue weighted by Crippen LogP contribution is 2.23. The molecule has 0 saturated heterocycles. The predicted octanol–water partition coefficient (Wildman–Crippen LogP) is 1.33. The van der Waals surface area contributed by atoms with Gasteiger partial charge in [0.2, 0.25) is 0 Å². The number of sulfonamides is 1. The highest BCUT2D eigenvalue weighted by molar-refractivity contribution is 7.89. The summed E-state index contributed by atoms with van der Waals surface area (Å²) >= 11 is 0. The minimum absolute atomic E-state index is 0.131. The number of hydrogen-bond donors (Lipinski definition) is 3. The summed E-state index contributed by atoms with van der Waals surface area (Å²) < 4.78 is 38.8. The lowest BCUT2D eigenvalue weighted by atomic mass is 10.1. The maximum absolute atomic E-state index is 14.4. The predicted molar refractivity (Wildman–Crippen MR) is 80.3 cm³/mol. The molecule has 3 rings (SSSR count). The van der Waals surface area contributed by atoms with Crippen LogP contribution in [0.15, 0.2) is 53.7 Å². The van der Waals surface area contributed by atoms with Gasteiger partial charge in [0.05, 0.1) is 11.8 Å². The molecule has 0 fully saturated rings. The fraction of sp³-hybridized carbons (Fsp3) is 0. The molecule has 118 valence electrons. The second-order valence-electron chi connectivity index (χ2n) is 4.65. The number of carbonyl (C=O) groups is 1. The summed E-state index contributed by atoms with van der Waals surface area (Å²) in [6.45, 7) is 0. The average Bonchev–Trinajstić information content (AvgIpc) is 3.07. The number of nitrogens with zero attached hydrogens (tertiary/aromatic N) is 1. The van der Waals surface area contributed by atoms with Crippen molar-refractivity contribution in [3.63, 3.8) is 0 Å². The summed E-state index contributed by atoms with van der Waals surface area (Å²) in [7, 11) is -4.26. The number of hydrogen-bond acceptors (Lipinski definition) is 4. The van der Waals surface area contributed by atoms with Crippen LogP contribution in [0.3, 0.4) is 0 Å². The van der Waals surface area contributed by atoms with Gasteiger partial charge in [-0.1, -0.05) is 30.3 Å². The Bertz CT molecular complexity index is 971. The Kier molecular flexibility index (Phi) is 3.80.